The topological polar surface area (TPSA) is 93.1 Å². The van der Waals surface area contributed by atoms with Crippen LogP contribution < -0.4 is 10.0 Å². The van der Waals surface area contributed by atoms with Crippen LogP contribution >= 0.6 is 0 Å². The van der Waals surface area contributed by atoms with E-state index in [4.69, 9.17) is 0 Å². The Kier molecular flexibility index (Phi) is 6.28. The van der Waals surface area contributed by atoms with E-state index in [1.165, 1.54) is 0 Å². The number of hydrogen-bond donors (Lipinski definition) is 2. The maximum atomic E-state index is 12.3. The molecule has 1 aromatic carbocycles. The molecule has 2 N–H and O–H groups in total. The van der Waals surface area contributed by atoms with Crippen molar-refractivity contribution in [1.82, 2.24) is 19.8 Å². The largest absolute Gasteiger partial charge is 0.351 e. The molecule has 27 heavy (non-hydrogen) atoms. The molecule has 146 valence electrons. The average molecular weight is 391 g/mol. The molecule has 0 atom stereocenters. The van der Waals surface area contributed by atoms with Crippen LogP contribution in [0, 0.1) is 5.92 Å². The molecule has 0 radical (unpaired) electrons. The minimum Gasteiger partial charge on any atom is -0.351 e. The van der Waals surface area contributed by atoms with Gasteiger partial charge < -0.3 is 5.32 Å². The number of amides is 1. The van der Waals surface area contributed by atoms with Crippen LogP contribution in [0.2, 0.25) is 0 Å². The van der Waals surface area contributed by atoms with E-state index >= 15 is 0 Å². The van der Waals surface area contributed by atoms with Crippen molar-refractivity contribution in [3.8, 4) is 5.69 Å². The summed E-state index contributed by atoms with van der Waals surface area (Å²) in [7, 11) is -3.64. The number of benzene rings is 1. The molecule has 0 unspecified atom stereocenters. The van der Waals surface area contributed by atoms with Crippen molar-refractivity contribution in [3.05, 3.63) is 48.3 Å². The summed E-state index contributed by atoms with van der Waals surface area (Å²) < 4.78 is 28.9. The van der Waals surface area contributed by atoms with Crippen LogP contribution in [-0.4, -0.2) is 35.9 Å². The Bertz CT molecular complexity index is 857. The minimum atomic E-state index is -3.64. The molecule has 0 bridgehead atoms. The molecule has 1 aliphatic carbocycles. The van der Waals surface area contributed by atoms with Crippen molar-refractivity contribution in [2.24, 2.45) is 5.92 Å². The smallest absolute Gasteiger partial charge is 0.236 e. The lowest BCUT2D eigenvalue weighted by Crippen LogP contribution is -2.42. The quantitative estimate of drug-likeness (QED) is 0.756. The Morgan fingerprint density at radius 1 is 1.19 bits per heavy atom. The van der Waals surface area contributed by atoms with Crippen molar-refractivity contribution in [3.63, 3.8) is 0 Å². The maximum Gasteiger partial charge on any atom is 0.236 e. The van der Waals surface area contributed by atoms with Crippen molar-refractivity contribution < 1.29 is 13.2 Å². The molecule has 1 aliphatic rings. The summed E-state index contributed by atoms with van der Waals surface area (Å²) in [6.45, 7) is 2.42. The highest BCUT2D eigenvalue weighted by Crippen LogP contribution is 2.23. The molecule has 1 fully saturated rings. The van der Waals surface area contributed by atoms with Crippen LogP contribution in [0.25, 0.3) is 5.69 Å². The Morgan fingerprint density at radius 3 is 2.63 bits per heavy atom. The summed E-state index contributed by atoms with van der Waals surface area (Å²) in [6, 6.07) is 9.31. The Labute approximate surface area is 160 Å². The van der Waals surface area contributed by atoms with Crippen LogP contribution in [0.15, 0.2) is 42.7 Å². The fourth-order valence-electron chi connectivity index (χ4n) is 3.39. The predicted molar refractivity (Wildman–Crippen MR) is 104 cm³/mol. The number of para-hydroxylation sites is 1. The van der Waals surface area contributed by atoms with Crippen LogP contribution in [0.5, 0.6) is 0 Å². The lowest BCUT2D eigenvalue weighted by molar-refractivity contribution is -0.118. The second kappa shape index (κ2) is 8.67. The van der Waals surface area contributed by atoms with Gasteiger partial charge in [0, 0.05) is 25.0 Å². The number of carbonyl (C=O) groups is 1. The lowest BCUT2D eigenvalue weighted by atomic mass is 9.88. The second-order valence-electron chi connectivity index (χ2n) is 7.19. The number of hydrogen-bond acceptors (Lipinski definition) is 4. The molecule has 1 saturated carbocycles. The summed E-state index contributed by atoms with van der Waals surface area (Å²) in [5.74, 6) is -0.422. The van der Waals surface area contributed by atoms with Gasteiger partial charge in [-0.3, -0.25) is 4.79 Å². The van der Waals surface area contributed by atoms with Crippen molar-refractivity contribution in [2.45, 2.75) is 45.2 Å². The standard InChI is InChI=1S/C19H26N4O3S/c1-15-7-9-17(10-8-15)22-27(25,26)14-19(24)20-13-16-5-2-3-6-18(16)23-12-4-11-21-23/h2-6,11-12,15,17,22H,7-10,13-14H2,1H3,(H,20,24). The van der Waals surface area contributed by atoms with Gasteiger partial charge >= 0.3 is 0 Å². The normalized spacial score (nSPS) is 20.3. The van der Waals surface area contributed by atoms with Crippen LogP contribution in [0.1, 0.15) is 38.2 Å². The third kappa shape index (κ3) is 5.64. The Morgan fingerprint density at radius 2 is 1.93 bits per heavy atom. The first-order chi connectivity index (χ1) is 12.9. The summed E-state index contributed by atoms with van der Waals surface area (Å²) in [5, 5.41) is 6.90. The highest BCUT2D eigenvalue weighted by Gasteiger charge is 2.24. The zero-order valence-corrected chi connectivity index (χ0v) is 16.3. The van der Waals surface area contributed by atoms with Gasteiger partial charge in [0.2, 0.25) is 15.9 Å². The van der Waals surface area contributed by atoms with Gasteiger partial charge in [-0.2, -0.15) is 5.10 Å². The van der Waals surface area contributed by atoms with Gasteiger partial charge in [-0.15, -0.1) is 0 Å². The SMILES string of the molecule is CC1CCC(NS(=O)(=O)CC(=O)NCc2ccccc2-n2cccn2)CC1. The molecule has 1 aromatic heterocycles. The van der Waals surface area contributed by atoms with Gasteiger partial charge in [0.05, 0.1) is 5.69 Å². The summed E-state index contributed by atoms with van der Waals surface area (Å²) >= 11 is 0. The Hall–Kier alpha value is -2.19. The number of sulfonamides is 1. The van der Waals surface area contributed by atoms with Gasteiger partial charge in [0.15, 0.2) is 0 Å². The molecule has 0 spiro atoms. The molecule has 7 nitrogen and oxygen atoms in total. The van der Waals surface area contributed by atoms with Gasteiger partial charge in [-0.05, 0) is 49.3 Å². The van der Waals surface area contributed by atoms with E-state index in [-0.39, 0.29) is 12.6 Å². The minimum absolute atomic E-state index is 0.0560. The zero-order valence-electron chi connectivity index (χ0n) is 15.5. The lowest BCUT2D eigenvalue weighted by Gasteiger charge is -2.26. The number of carbonyl (C=O) groups excluding carboxylic acids is 1. The molecular formula is C19H26N4O3S. The fourth-order valence-corrected chi connectivity index (χ4v) is 4.66. The van der Waals surface area contributed by atoms with Crippen molar-refractivity contribution >= 4 is 15.9 Å². The van der Waals surface area contributed by atoms with Crippen LogP contribution in [-0.2, 0) is 21.4 Å². The average Bonchev–Trinajstić information content (AvgIpc) is 3.16. The monoisotopic (exact) mass is 390 g/mol. The highest BCUT2D eigenvalue weighted by molar-refractivity contribution is 7.90. The highest BCUT2D eigenvalue weighted by atomic mass is 32.2. The molecule has 1 amide bonds. The van der Waals surface area contributed by atoms with Gasteiger partial charge in [-0.25, -0.2) is 17.8 Å². The number of rotatable bonds is 7. The first kappa shape index (κ1) is 19.6. The van der Waals surface area contributed by atoms with E-state index in [0.29, 0.717) is 5.92 Å². The van der Waals surface area contributed by atoms with Gasteiger partial charge in [-0.1, -0.05) is 25.1 Å². The number of aromatic nitrogens is 2. The Balaban J connectivity index is 1.54. The first-order valence-electron chi connectivity index (χ1n) is 9.27. The van der Waals surface area contributed by atoms with Crippen molar-refractivity contribution in [2.75, 3.05) is 5.75 Å². The van der Waals surface area contributed by atoms with E-state index in [1.807, 2.05) is 36.5 Å². The second-order valence-corrected chi connectivity index (χ2v) is 8.94. The third-order valence-corrected chi connectivity index (χ3v) is 6.24. The first-order valence-corrected chi connectivity index (χ1v) is 10.9. The van der Waals surface area contributed by atoms with E-state index in [1.54, 1.807) is 10.9 Å². The molecule has 8 heteroatoms. The van der Waals surface area contributed by atoms with Crippen LogP contribution in [0.3, 0.4) is 0 Å². The molecule has 1 heterocycles. The summed E-state index contributed by atoms with van der Waals surface area (Å²) in [6.07, 6.45) is 7.20. The third-order valence-electron chi connectivity index (χ3n) is 4.90. The number of nitrogens with one attached hydrogen (secondary N) is 2. The summed E-state index contributed by atoms with van der Waals surface area (Å²) in [4.78, 5) is 12.2. The van der Waals surface area contributed by atoms with Crippen molar-refractivity contribution in [1.29, 1.82) is 0 Å². The molecule has 0 aliphatic heterocycles. The van der Waals surface area contributed by atoms with E-state index in [2.05, 4.69) is 22.1 Å². The summed E-state index contributed by atoms with van der Waals surface area (Å²) in [5.41, 5.74) is 1.71. The molecular weight excluding hydrogens is 364 g/mol. The molecule has 2 aromatic rings. The van der Waals surface area contributed by atoms with Gasteiger partial charge in [0.1, 0.15) is 5.75 Å². The van der Waals surface area contributed by atoms with E-state index in [0.717, 1.165) is 36.9 Å². The van der Waals surface area contributed by atoms with E-state index < -0.39 is 21.7 Å². The fraction of sp³-hybridized carbons (Fsp3) is 0.474. The van der Waals surface area contributed by atoms with Crippen LogP contribution in [0.4, 0.5) is 0 Å². The molecule has 0 saturated heterocycles. The molecule has 3 rings (SSSR count). The number of nitrogens with zero attached hydrogens (tertiary/aromatic N) is 2. The predicted octanol–water partition coefficient (Wildman–Crippen LogP) is 1.99. The maximum absolute atomic E-state index is 12.3. The van der Waals surface area contributed by atoms with E-state index in [9.17, 15) is 13.2 Å². The van der Waals surface area contributed by atoms with Gasteiger partial charge in [0.25, 0.3) is 0 Å². The zero-order chi connectivity index (χ0) is 19.3.